The lowest BCUT2D eigenvalue weighted by Crippen LogP contribution is -1.99. The van der Waals surface area contributed by atoms with E-state index < -0.39 is 0 Å². The number of halogens is 1. The molecule has 1 aromatic heterocycles. The molecule has 146 valence electrons. The first-order chi connectivity index (χ1) is 14.1. The zero-order valence-corrected chi connectivity index (χ0v) is 17.3. The molecule has 4 nitrogen and oxygen atoms in total. The van der Waals surface area contributed by atoms with E-state index in [9.17, 15) is 0 Å². The van der Waals surface area contributed by atoms with Gasteiger partial charge in [0, 0.05) is 21.7 Å². The lowest BCUT2D eigenvalue weighted by atomic mass is 10.0. The summed E-state index contributed by atoms with van der Waals surface area (Å²) in [5.74, 6) is 1.63. The molecule has 0 bridgehead atoms. The summed E-state index contributed by atoms with van der Waals surface area (Å²) in [6.45, 7) is 2.09. The second-order valence-electron chi connectivity index (χ2n) is 6.67. The molecule has 0 aliphatic carbocycles. The number of benzene rings is 3. The molecule has 1 heterocycles. The Balaban J connectivity index is 1.92. The van der Waals surface area contributed by atoms with Gasteiger partial charge in [0.25, 0.3) is 0 Å². The summed E-state index contributed by atoms with van der Waals surface area (Å²) in [5, 5.41) is 5.62. The number of rotatable bonds is 5. The Labute approximate surface area is 175 Å². The third-order valence-corrected chi connectivity index (χ3v) is 5.14. The number of ether oxygens (including phenoxy) is 2. The highest BCUT2D eigenvalue weighted by atomic mass is 35.5. The van der Waals surface area contributed by atoms with Gasteiger partial charge in [-0.15, -0.1) is 0 Å². The van der Waals surface area contributed by atoms with Crippen molar-refractivity contribution in [2.24, 2.45) is 0 Å². The van der Waals surface area contributed by atoms with Crippen LogP contribution in [0.2, 0.25) is 5.02 Å². The van der Waals surface area contributed by atoms with Gasteiger partial charge in [-0.25, -0.2) is 4.68 Å². The SMILES string of the molecule is COc1ccc(-c2nn(-c3cccc(Cl)c3)c(-c3ccc(OC)cc3)c2C)cc1. The highest BCUT2D eigenvalue weighted by molar-refractivity contribution is 6.30. The van der Waals surface area contributed by atoms with Crippen LogP contribution in [0.25, 0.3) is 28.2 Å². The summed E-state index contributed by atoms with van der Waals surface area (Å²) in [7, 11) is 3.33. The third kappa shape index (κ3) is 3.71. The van der Waals surface area contributed by atoms with E-state index in [1.165, 1.54) is 0 Å². The summed E-state index contributed by atoms with van der Waals surface area (Å²) in [5.41, 5.74) is 6.00. The normalized spacial score (nSPS) is 10.8. The van der Waals surface area contributed by atoms with Gasteiger partial charge in [-0.1, -0.05) is 17.7 Å². The van der Waals surface area contributed by atoms with Crippen LogP contribution in [0.3, 0.4) is 0 Å². The summed E-state index contributed by atoms with van der Waals surface area (Å²) in [6, 6.07) is 23.6. The van der Waals surface area contributed by atoms with Crippen LogP contribution >= 0.6 is 11.6 Å². The topological polar surface area (TPSA) is 36.3 Å². The molecular weight excluding hydrogens is 384 g/mol. The van der Waals surface area contributed by atoms with E-state index in [-0.39, 0.29) is 0 Å². The smallest absolute Gasteiger partial charge is 0.118 e. The molecule has 0 unspecified atom stereocenters. The molecule has 4 rings (SSSR count). The molecule has 5 heteroatoms. The second-order valence-corrected chi connectivity index (χ2v) is 7.11. The molecule has 0 amide bonds. The molecule has 0 saturated heterocycles. The predicted octanol–water partition coefficient (Wildman–Crippen LogP) is 6.19. The Hall–Kier alpha value is -3.24. The van der Waals surface area contributed by atoms with Crippen molar-refractivity contribution in [2.45, 2.75) is 6.92 Å². The van der Waals surface area contributed by atoms with Crippen LogP contribution < -0.4 is 9.47 Å². The maximum absolute atomic E-state index is 6.26. The van der Waals surface area contributed by atoms with Crippen LogP contribution in [0.15, 0.2) is 72.8 Å². The summed E-state index contributed by atoms with van der Waals surface area (Å²) in [6.07, 6.45) is 0. The van der Waals surface area contributed by atoms with Crippen LogP contribution in [0.5, 0.6) is 11.5 Å². The van der Waals surface area contributed by atoms with Crippen molar-refractivity contribution in [2.75, 3.05) is 14.2 Å². The number of hydrogen-bond donors (Lipinski definition) is 0. The largest absolute Gasteiger partial charge is 0.497 e. The van der Waals surface area contributed by atoms with Crippen molar-refractivity contribution in [3.63, 3.8) is 0 Å². The van der Waals surface area contributed by atoms with Crippen LogP contribution in [0.1, 0.15) is 5.56 Å². The van der Waals surface area contributed by atoms with Crippen molar-refractivity contribution < 1.29 is 9.47 Å². The Morgan fingerprint density at radius 3 is 1.93 bits per heavy atom. The van der Waals surface area contributed by atoms with Crippen molar-refractivity contribution in [1.82, 2.24) is 9.78 Å². The monoisotopic (exact) mass is 404 g/mol. The van der Waals surface area contributed by atoms with Gasteiger partial charge in [-0.2, -0.15) is 5.10 Å². The molecule has 0 saturated carbocycles. The van der Waals surface area contributed by atoms with Gasteiger partial charge in [-0.05, 0) is 73.7 Å². The number of methoxy groups -OCH3 is 2. The van der Waals surface area contributed by atoms with Gasteiger partial charge < -0.3 is 9.47 Å². The van der Waals surface area contributed by atoms with Gasteiger partial charge >= 0.3 is 0 Å². The van der Waals surface area contributed by atoms with E-state index >= 15 is 0 Å². The highest BCUT2D eigenvalue weighted by Gasteiger charge is 2.19. The molecule has 4 aromatic rings. The molecule has 29 heavy (non-hydrogen) atoms. The summed E-state index contributed by atoms with van der Waals surface area (Å²) >= 11 is 6.26. The van der Waals surface area contributed by atoms with E-state index in [4.69, 9.17) is 26.2 Å². The average molecular weight is 405 g/mol. The van der Waals surface area contributed by atoms with E-state index in [2.05, 4.69) is 6.92 Å². The van der Waals surface area contributed by atoms with Crippen LogP contribution in [-0.2, 0) is 0 Å². The van der Waals surface area contributed by atoms with Crippen LogP contribution in [0, 0.1) is 6.92 Å². The Kier molecular flexibility index (Phi) is 5.28. The van der Waals surface area contributed by atoms with E-state index in [0.29, 0.717) is 5.02 Å². The molecule has 0 spiro atoms. The fourth-order valence-corrected chi connectivity index (χ4v) is 3.59. The standard InChI is InChI=1S/C24H21ClN2O2/c1-16-23(17-7-11-21(28-2)12-8-17)26-27(20-6-4-5-19(25)15-20)24(16)18-9-13-22(29-3)14-10-18/h4-15H,1-3H3. The molecule has 3 aromatic carbocycles. The van der Waals surface area contributed by atoms with Gasteiger partial charge in [0.15, 0.2) is 0 Å². The minimum absolute atomic E-state index is 0.669. The number of nitrogens with zero attached hydrogens (tertiary/aromatic N) is 2. The number of aromatic nitrogens is 2. The van der Waals surface area contributed by atoms with E-state index in [1.807, 2.05) is 77.5 Å². The average Bonchev–Trinajstić information content (AvgIpc) is 3.11. The molecular formula is C24H21ClN2O2. The minimum Gasteiger partial charge on any atom is -0.497 e. The molecule has 0 N–H and O–H groups in total. The molecule has 0 radical (unpaired) electrons. The fraction of sp³-hybridized carbons (Fsp3) is 0.125. The zero-order chi connectivity index (χ0) is 20.4. The maximum Gasteiger partial charge on any atom is 0.118 e. The van der Waals surface area contributed by atoms with Crippen molar-refractivity contribution in [1.29, 1.82) is 0 Å². The van der Waals surface area contributed by atoms with Gasteiger partial charge in [0.1, 0.15) is 11.5 Å². The van der Waals surface area contributed by atoms with E-state index in [1.54, 1.807) is 14.2 Å². The highest BCUT2D eigenvalue weighted by Crippen LogP contribution is 2.35. The van der Waals surface area contributed by atoms with Crippen molar-refractivity contribution in [3.05, 3.63) is 83.4 Å². The Bertz CT molecular complexity index is 1130. The van der Waals surface area contributed by atoms with Crippen LogP contribution in [-0.4, -0.2) is 24.0 Å². The Morgan fingerprint density at radius 1 is 0.793 bits per heavy atom. The summed E-state index contributed by atoms with van der Waals surface area (Å²) < 4.78 is 12.5. The van der Waals surface area contributed by atoms with E-state index in [0.717, 1.165) is 45.3 Å². The summed E-state index contributed by atoms with van der Waals surface area (Å²) in [4.78, 5) is 0. The first kappa shape index (κ1) is 19.1. The quantitative estimate of drug-likeness (QED) is 0.398. The maximum atomic E-state index is 6.26. The molecule has 0 atom stereocenters. The molecule has 0 aliphatic rings. The third-order valence-electron chi connectivity index (χ3n) is 4.90. The van der Waals surface area contributed by atoms with Gasteiger partial charge in [0.05, 0.1) is 31.3 Å². The minimum atomic E-state index is 0.669. The lowest BCUT2D eigenvalue weighted by Gasteiger charge is -2.10. The zero-order valence-electron chi connectivity index (χ0n) is 16.5. The first-order valence-corrected chi connectivity index (χ1v) is 9.63. The van der Waals surface area contributed by atoms with Gasteiger partial charge in [-0.3, -0.25) is 0 Å². The Morgan fingerprint density at radius 2 is 1.38 bits per heavy atom. The van der Waals surface area contributed by atoms with Gasteiger partial charge in [0.2, 0.25) is 0 Å². The lowest BCUT2D eigenvalue weighted by molar-refractivity contribution is 0.414. The molecule has 0 aliphatic heterocycles. The second kappa shape index (κ2) is 8.02. The van der Waals surface area contributed by atoms with Crippen LogP contribution in [0.4, 0.5) is 0 Å². The first-order valence-electron chi connectivity index (χ1n) is 9.25. The predicted molar refractivity (Wildman–Crippen MR) is 117 cm³/mol. The fourth-order valence-electron chi connectivity index (χ4n) is 3.40. The van der Waals surface area contributed by atoms with Crippen molar-refractivity contribution >= 4 is 11.6 Å². The molecule has 0 fully saturated rings. The number of hydrogen-bond acceptors (Lipinski definition) is 3. The van der Waals surface area contributed by atoms with Crippen molar-refractivity contribution in [3.8, 4) is 39.7 Å².